The van der Waals surface area contributed by atoms with E-state index in [2.05, 4.69) is 76.3 Å². The van der Waals surface area contributed by atoms with E-state index in [1.807, 2.05) is 0 Å². The van der Waals surface area contributed by atoms with Gasteiger partial charge in [0.25, 0.3) is 0 Å². The van der Waals surface area contributed by atoms with E-state index < -0.39 is 0 Å². The first kappa shape index (κ1) is 18.5. The first-order valence-electron chi connectivity index (χ1n) is 9.38. The molecule has 0 fully saturated rings. The van der Waals surface area contributed by atoms with Crippen molar-refractivity contribution in [2.75, 3.05) is 0 Å². The average Bonchev–Trinajstić information content (AvgIpc) is 2.54. The van der Waals surface area contributed by atoms with Gasteiger partial charge in [0, 0.05) is 18.4 Å². The molecule has 138 valence electrons. The summed E-state index contributed by atoms with van der Waals surface area (Å²) in [5.74, 6) is 0.984. The van der Waals surface area contributed by atoms with Crippen LogP contribution in [0, 0.1) is 20.8 Å². The molecular weight excluding hydrogens is 322 g/mol. The van der Waals surface area contributed by atoms with E-state index in [-0.39, 0.29) is 17.6 Å². The molecule has 3 heteroatoms. The standard InChI is InChI=1S/C23H29NO2/c1-15-6-10-19-20(14-23(4,5)26-21(19)12-15)24-22(25)11-9-18-8-7-16(2)17(3)13-18/h6-8,10,12-13,20H,9,11,14H2,1-5H3,(H,24,25). The second-order valence-electron chi connectivity index (χ2n) is 8.15. The lowest BCUT2D eigenvalue weighted by atomic mass is 9.89. The lowest BCUT2D eigenvalue weighted by Gasteiger charge is -2.38. The summed E-state index contributed by atoms with van der Waals surface area (Å²) in [6.07, 6.45) is 2.04. The van der Waals surface area contributed by atoms with Crippen molar-refractivity contribution in [1.82, 2.24) is 5.32 Å². The molecule has 1 amide bonds. The Balaban J connectivity index is 1.68. The van der Waals surface area contributed by atoms with Crippen molar-refractivity contribution in [3.63, 3.8) is 0 Å². The van der Waals surface area contributed by atoms with E-state index in [4.69, 9.17) is 4.74 Å². The summed E-state index contributed by atoms with van der Waals surface area (Å²) in [7, 11) is 0. The summed E-state index contributed by atoms with van der Waals surface area (Å²) in [5, 5.41) is 3.23. The van der Waals surface area contributed by atoms with E-state index in [0.29, 0.717) is 6.42 Å². The maximum absolute atomic E-state index is 12.6. The molecule has 0 saturated carbocycles. The van der Waals surface area contributed by atoms with Gasteiger partial charge < -0.3 is 10.1 Å². The first-order chi connectivity index (χ1) is 12.2. The van der Waals surface area contributed by atoms with E-state index in [9.17, 15) is 4.79 Å². The minimum Gasteiger partial charge on any atom is -0.487 e. The van der Waals surface area contributed by atoms with Crippen molar-refractivity contribution in [2.24, 2.45) is 0 Å². The minimum absolute atomic E-state index is 0.00149. The zero-order chi connectivity index (χ0) is 18.9. The molecular formula is C23H29NO2. The monoisotopic (exact) mass is 351 g/mol. The second-order valence-corrected chi connectivity index (χ2v) is 8.15. The fourth-order valence-electron chi connectivity index (χ4n) is 3.57. The van der Waals surface area contributed by atoms with E-state index in [1.165, 1.54) is 22.3 Å². The number of aryl methyl sites for hydroxylation is 4. The molecule has 3 nitrogen and oxygen atoms in total. The van der Waals surface area contributed by atoms with Crippen molar-refractivity contribution in [2.45, 2.75) is 65.5 Å². The summed E-state index contributed by atoms with van der Waals surface area (Å²) in [4.78, 5) is 12.6. The Bertz CT molecular complexity index is 823. The van der Waals surface area contributed by atoms with Crippen LogP contribution < -0.4 is 10.1 Å². The van der Waals surface area contributed by atoms with Crippen LogP contribution in [0.25, 0.3) is 0 Å². The molecule has 0 bridgehead atoms. The topological polar surface area (TPSA) is 38.3 Å². The lowest BCUT2D eigenvalue weighted by molar-refractivity contribution is -0.122. The minimum atomic E-state index is -0.285. The molecule has 1 heterocycles. The molecule has 2 aromatic carbocycles. The maximum atomic E-state index is 12.6. The molecule has 0 aromatic heterocycles. The Kier molecular flexibility index (Phi) is 5.08. The van der Waals surface area contributed by atoms with Crippen molar-refractivity contribution in [1.29, 1.82) is 0 Å². The molecule has 1 aliphatic heterocycles. The van der Waals surface area contributed by atoms with Gasteiger partial charge in [0.1, 0.15) is 11.4 Å². The van der Waals surface area contributed by atoms with Crippen LogP contribution in [0.2, 0.25) is 0 Å². The van der Waals surface area contributed by atoms with Crippen LogP contribution in [0.1, 0.15) is 60.5 Å². The highest BCUT2D eigenvalue weighted by molar-refractivity contribution is 5.77. The fraction of sp³-hybridized carbons (Fsp3) is 0.435. The summed E-state index contributed by atoms with van der Waals surface area (Å²) in [5.41, 5.74) is 5.74. The number of rotatable bonds is 4. The van der Waals surface area contributed by atoms with Gasteiger partial charge >= 0.3 is 0 Å². The van der Waals surface area contributed by atoms with Crippen LogP contribution in [-0.4, -0.2) is 11.5 Å². The summed E-state index contributed by atoms with van der Waals surface area (Å²) in [6.45, 7) is 10.4. The number of fused-ring (bicyclic) bond motifs is 1. The highest BCUT2D eigenvalue weighted by atomic mass is 16.5. The third-order valence-electron chi connectivity index (χ3n) is 5.17. The van der Waals surface area contributed by atoms with Crippen LogP contribution in [0.3, 0.4) is 0 Å². The van der Waals surface area contributed by atoms with Gasteiger partial charge in [0.2, 0.25) is 5.91 Å². The smallest absolute Gasteiger partial charge is 0.220 e. The predicted octanol–water partition coefficient (Wildman–Crippen LogP) is 4.96. The zero-order valence-electron chi connectivity index (χ0n) is 16.5. The van der Waals surface area contributed by atoms with E-state index in [0.717, 1.165) is 24.2 Å². The number of carbonyl (C=O) groups excluding carboxylic acids is 1. The largest absolute Gasteiger partial charge is 0.487 e. The second kappa shape index (κ2) is 7.14. The normalized spacial score (nSPS) is 18.0. The summed E-state index contributed by atoms with van der Waals surface area (Å²) < 4.78 is 6.11. The van der Waals surface area contributed by atoms with Gasteiger partial charge in [-0.3, -0.25) is 4.79 Å². The third kappa shape index (κ3) is 4.27. The van der Waals surface area contributed by atoms with Crippen LogP contribution in [0.15, 0.2) is 36.4 Å². The SMILES string of the molecule is Cc1ccc2c(c1)OC(C)(C)CC2NC(=O)CCc1ccc(C)c(C)c1. The van der Waals surface area contributed by atoms with Crippen LogP contribution in [-0.2, 0) is 11.2 Å². The van der Waals surface area contributed by atoms with Gasteiger partial charge in [0.15, 0.2) is 0 Å². The van der Waals surface area contributed by atoms with Gasteiger partial charge in [-0.1, -0.05) is 30.3 Å². The van der Waals surface area contributed by atoms with Crippen LogP contribution in [0.4, 0.5) is 0 Å². The number of hydrogen-bond acceptors (Lipinski definition) is 2. The van der Waals surface area contributed by atoms with Crippen molar-refractivity contribution < 1.29 is 9.53 Å². The van der Waals surface area contributed by atoms with Gasteiger partial charge in [-0.05, 0) is 69.4 Å². The molecule has 1 aliphatic rings. The highest BCUT2D eigenvalue weighted by Crippen LogP contribution is 2.39. The van der Waals surface area contributed by atoms with Gasteiger partial charge in [0.05, 0.1) is 6.04 Å². The number of hydrogen-bond donors (Lipinski definition) is 1. The average molecular weight is 351 g/mol. The summed E-state index contributed by atoms with van der Waals surface area (Å²) in [6, 6.07) is 12.6. The quantitative estimate of drug-likeness (QED) is 0.845. The van der Waals surface area contributed by atoms with Crippen molar-refractivity contribution in [3.8, 4) is 5.75 Å². The Morgan fingerprint density at radius 1 is 1.12 bits per heavy atom. The zero-order valence-corrected chi connectivity index (χ0v) is 16.5. The fourth-order valence-corrected chi connectivity index (χ4v) is 3.57. The Labute approximate surface area is 156 Å². The predicted molar refractivity (Wildman–Crippen MR) is 106 cm³/mol. The van der Waals surface area contributed by atoms with E-state index >= 15 is 0 Å². The van der Waals surface area contributed by atoms with E-state index in [1.54, 1.807) is 0 Å². The molecule has 2 aromatic rings. The highest BCUT2D eigenvalue weighted by Gasteiger charge is 2.34. The number of benzene rings is 2. The van der Waals surface area contributed by atoms with Crippen LogP contribution in [0.5, 0.6) is 5.75 Å². The van der Waals surface area contributed by atoms with Gasteiger partial charge in [-0.25, -0.2) is 0 Å². The molecule has 0 aliphatic carbocycles. The maximum Gasteiger partial charge on any atom is 0.220 e. The van der Waals surface area contributed by atoms with Crippen LogP contribution >= 0.6 is 0 Å². The molecule has 1 unspecified atom stereocenters. The molecule has 26 heavy (non-hydrogen) atoms. The first-order valence-corrected chi connectivity index (χ1v) is 9.38. The lowest BCUT2D eigenvalue weighted by Crippen LogP contribution is -2.41. The van der Waals surface area contributed by atoms with Crippen molar-refractivity contribution in [3.05, 3.63) is 64.2 Å². The third-order valence-corrected chi connectivity index (χ3v) is 5.17. The Morgan fingerprint density at radius 3 is 2.62 bits per heavy atom. The summed E-state index contributed by atoms with van der Waals surface area (Å²) >= 11 is 0. The Hall–Kier alpha value is -2.29. The number of nitrogens with one attached hydrogen (secondary N) is 1. The molecule has 0 radical (unpaired) electrons. The molecule has 1 atom stereocenters. The molecule has 0 spiro atoms. The molecule has 3 rings (SSSR count). The van der Waals surface area contributed by atoms with Crippen molar-refractivity contribution >= 4 is 5.91 Å². The Morgan fingerprint density at radius 2 is 1.88 bits per heavy atom. The number of carbonyl (C=O) groups is 1. The molecule has 0 saturated heterocycles. The molecule has 1 N–H and O–H groups in total. The van der Waals surface area contributed by atoms with Gasteiger partial charge in [-0.15, -0.1) is 0 Å². The number of ether oxygens (including phenoxy) is 1. The van der Waals surface area contributed by atoms with Gasteiger partial charge in [-0.2, -0.15) is 0 Å². The number of amides is 1.